The van der Waals surface area contributed by atoms with Crippen LogP contribution in [0.1, 0.15) is 5.89 Å². The molecule has 0 N–H and O–H groups in total. The van der Waals surface area contributed by atoms with Crippen molar-refractivity contribution in [3.05, 3.63) is 42.5 Å². The molecule has 0 radical (unpaired) electrons. The molecule has 3 aromatic heterocycles. The summed E-state index contributed by atoms with van der Waals surface area (Å²) in [7, 11) is 3.64. The highest BCUT2D eigenvalue weighted by Crippen LogP contribution is 2.33. The van der Waals surface area contributed by atoms with Gasteiger partial charge in [-0.1, -0.05) is 6.07 Å². The summed E-state index contributed by atoms with van der Waals surface area (Å²) < 4.78 is 12.9. The van der Waals surface area contributed by atoms with Crippen LogP contribution in [0.4, 0.5) is 0 Å². The second-order valence-electron chi connectivity index (χ2n) is 5.31. The van der Waals surface area contributed by atoms with Gasteiger partial charge in [-0.3, -0.25) is 0 Å². The quantitative estimate of drug-likeness (QED) is 0.565. The minimum Gasteiger partial charge on any atom is -0.481 e. The maximum Gasteiger partial charge on any atom is 0.213 e. The van der Waals surface area contributed by atoms with E-state index in [1.807, 2.05) is 38.4 Å². The van der Waals surface area contributed by atoms with Crippen LogP contribution < -0.4 is 4.74 Å². The fraction of sp³-hybridized carbons (Fsp3) is 0.176. The Labute approximate surface area is 127 Å². The molecule has 0 saturated carbocycles. The highest BCUT2D eigenvalue weighted by molar-refractivity contribution is 5.97. The number of rotatable bonds is 2. The van der Waals surface area contributed by atoms with Crippen LogP contribution in [0.5, 0.6) is 5.88 Å². The lowest BCUT2D eigenvalue weighted by Crippen LogP contribution is -1.88. The summed E-state index contributed by atoms with van der Waals surface area (Å²) in [5.41, 5.74) is 4.94. The van der Waals surface area contributed by atoms with Crippen molar-refractivity contribution >= 4 is 22.0 Å². The van der Waals surface area contributed by atoms with Crippen LogP contribution >= 0.6 is 0 Å². The molecule has 3 heterocycles. The van der Waals surface area contributed by atoms with Crippen LogP contribution in [0, 0.1) is 6.92 Å². The third-order valence-corrected chi connectivity index (χ3v) is 3.87. The minimum atomic E-state index is 0.608. The molecule has 0 atom stereocenters. The second-order valence-corrected chi connectivity index (χ2v) is 5.31. The Kier molecular flexibility index (Phi) is 2.69. The minimum absolute atomic E-state index is 0.608. The van der Waals surface area contributed by atoms with Crippen LogP contribution in [0.15, 0.2) is 41.1 Å². The SMILES string of the molecule is COc1cc2c(-c3ccc4nc(C)oc4c3)cn(C)c2cn1. The van der Waals surface area contributed by atoms with E-state index >= 15 is 0 Å². The molecule has 0 spiro atoms. The normalized spacial score (nSPS) is 11.4. The molecule has 5 heteroatoms. The molecule has 4 aromatic rings. The molecule has 0 unspecified atom stereocenters. The van der Waals surface area contributed by atoms with E-state index in [1.165, 1.54) is 0 Å². The predicted octanol–water partition coefficient (Wildman–Crippen LogP) is 3.70. The van der Waals surface area contributed by atoms with Gasteiger partial charge in [0.1, 0.15) is 5.52 Å². The number of pyridine rings is 1. The Balaban J connectivity index is 1.98. The van der Waals surface area contributed by atoms with E-state index in [1.54, 1.807) is 7.11 Å². The molecule has 0 aliphatic heterocycles. The molecule has 0 saturated heterocycles. The van der Waals surface area contributed by atoms with Crippen molar-refractivity contribution in [3.8, 4) is 17.0 Å². The lowest BCUT2D eigenvalue weighted by molar-refractivity contribution is 0.398. The number of fused-ring (bicyclic) bond motifs is 2. The van der Waals surface area contributed by atoms with E-state index in [0.29, 0.717) is 11.8 Å². The Morgan fingerprint density at radius 3 is 2.91 bits per heavy atom. The number of oxazole rings is 1. The summed E-state index contributed by atoms with van der Waals surface area (Å²) in [6.45, 7) is 1.86. The first kappa shape index (κ1) is 12.9. The second kappa shape index (κ2) is 4.59. The maximum absolute atomic E-state index is 5.64. The Bertz CT molecular complexity index is 998. The zero-order valence-corrected chi connectivity index (χ0v) is 12.6. The molecular formula is C17H15N3O2. The van der Waals surface area contributed by atoms with E-state index in [-0.39, 0.29) is 0 Å². The highest BCUT2D eigenvalue weighted by atomic mass is 16.5. The number of hydrogen-bond donors (Lipinski definition) is 0. The van der Waals surface area contributed by atoms with Gasteiger partial charge in [0.2, 0.25) is 5.88 Å². The van der Waals surface area contributed by atoms with Crippen molar-refractivity contribution in [1.82, 2.24) is 14.5 Å². The van der Waals surface area contributed by atoms with Crippen molar-refractivity contribution in [1.29, 1.82) is 0 Å². The molecule has 110 valence electrons. The van der Waals surface area contributed by atoms with Gasteiger partial charge in [-0.15, -0.1) is 0 Å². The average molecular weight is 293 g/mol. The molecule has 0 fully saturated rings. The lowest BCUT2D eigenvalue weighted by atomic mass is 10.1. The van der Waals surface area contributed by atoms with Crippen LogP contribution in [0.3, 0.4) is 0 Å². The van der Waals surface area contributed by atoms with Crippen molar-refractivity contribution in [2.24, 2.45) is 7.05 Å². The summed E-state index contributed by atoms with van der Waals surface area (Å²) in [6.07, 6.45) is 3.92. The number of hydrogen-bond acceptors (Lipinski definition) is 4. The molecule has 0 aliphatic rings. The van der Waals surface area contributed by atoms with Gasteiger partial charge in [-0.25, -0.2) is 9.97 Å². The topological polar surface area (TPSA) is 53.1 Å². The third-order valence-electron chi connectivity index (χ3n) is 3.87. The van der Waals surface area contributed by atoms with E-state index < -0.39 is 0 Å². The Morgan fingerprint density at radius 2 is 2.09 bits per heavy atom. The number of benzene rings is 1. The fourth-order valence-corrected chi connectivity index (χ4v) is 2.81. The van der Waals surface area contributed by atoms with Gasteiger partial charge in [-0.2, -0.15) is 0 Å². The van der Waals surface area contributed by atoms with Crippen molar-refractivity contribution in [2.45, 2.75) is 6.92 Å². The Morgan fingerprint density at radius 1 is 1.23 bits per heavy atom. The summed E-state index contributed by atoms with van der Waals surface area (Å²) in [5.74, 6) is 1.28. The monoisotopic (exact) mass is 293 g/mol. The van der Waals surface area contributed by atoms with Crippen molar-refractivity contribution < 1.29 is 9.15 Å². The molecule has 22 heavy (non-hydrogen) atoms. The Hall–Kier alpha value is -2.82. The summed E-state index contributed by atoms with van der Waals surface area (Å²) >= 11 is 0. The third kappa shape index (κ3) is 1.86. The number of aromatic nitrogens is 3. The maximum atomic E-state index is 5.64. The fourth-order valence-electron chi connectivity index (χ4n) is 2.81. The van der Waals surface area contributed by atoms with Crippen LogP contribution in [-0.2, 0) is 7.05 Å². The van der Waals surface area contributed by atoms with Gasteiger partial charge in [0.15, 0.2) is 11.5 Å². The number of ether oxygens (including phenoxy) is 1. The van der Waals surface area contributed by atoms with E-state index in [4.69, 9.17) is 9.15 Å². The highest BCUT2D eigenvalue weighted by Gasteiger charge is 2.12. The number of methoxy groups -OCH3 is 1. The van der Waals surface area contributed by atoms with E-state index in [2.05, 4.69) is 26.8 Å². The van der Waals surface area contributed by atoms with Gasteiger partial charge in [-0.05, 0) is 17.7 Å². The number of aryl methyl sites for hydroxylation is 2. The first-order chi connectivity index (χ1) is 10.7. The molecule has 0 aliphatic carbocycles. The zero-order valence-electron chi connectivity index (χ0n) is 12.6. The van der Waals surface area contributed by atoms with Crippen LogP contribution in [-0.4, -0.2) is 21.6 Å². The van der Waals surface area contributed by atoms with Crippen LogP contribution in [0.2, 0.25) is 0 Å². The molecular weight excluding hydrogens is 278 g/mol. The molecule has 0 amide bonds. The molecule has 0 bridgehead atoms. The van der Waals surface area contributed by atoms with Gasteiger partial charge in [0.25, 0.3) is 0 Å². The standard InChI is InChI=1S/C17H15N3O2/c1-10-19-14-5-4-11(6-16(14)22-10)13-9-20(2)15-8-18-17(21-3)7-12(13)15/h4-9H,1-3H3. The van der Waals surface area contributed by atoms with Gasteiger partial charge in [0, 0.05) is 37.2 Å². The molecule has 4 rings (SSSR count). The zero-order chi connectivity index (χ0) is 15.3. The first-order valence-corrected chi connectivity index (χ1v) is 7.02. The predicted molar refractivity (Wildman–Crippen MR) is 85.0 cm³/mol. The first-order valence-electron chi connectivity index (χ1n) is 7.02. The largest absolute Gasteiger partial charge is 0.481 e. The van der Waals surface area contributed by atoms with Gasteiger partial charge < -0.3 is 13.7 Å². The van der Waals surface area contributed by atoms with Crippen molar-refractivity contribution in [3.63, 3.8) is 0 Å². The van der Waals surface area contributed by atoms with E-state index in [9.17, 15) is 0 Å². The van der Waals surface area contributed by atoms with E-state index in [0.717, 1.165) is 33.1 Å². The van der Waals surface area contributed by atoms with Crippen LogP contribution in [0.25, 0.3) is 33.1 Å². The molecule has 5 nitrogen and oxygen atoms in total. The number of nitrogens with zero attached hydrogens (tertiary/aromatic N) is 3. The summed E-state index contributed by atoms with van der Waals surface area (Å²) in [4.78, 5) is 8.62. The summed E-state index contributed by atoms with van der Waals surface area (Å²) in [5, 5.41) is 1.10. The summed E-state index contributed by atoms with van der Waals surface area (Å²) in [6, 6.07) is 8.03. The lowest BCUT2D eigenvalue weighted by Gasteiger charge is -2.01. The average Bonchev–Trinajstić information content (AvgIpc) is 3.05. The van der Waals surface area contributed by atoms with Gasteiger partial charge in [0.05, 0.1) is 18.8 Å². The van der Waals surface area contributed by atoms with Gasteiger partial charge >= 0.3 is 0 Å². The molecule has 1 aromatic carbocycles. The smallest absolute Gasteiger partial charge is 0.213 e. The van der Waals surface area contributed by atoms with Crippen molar-refractivity contribution in [2.75, 3.05) is 7.11 Å².